The van der Waals surface area contributed by atoms with E-state index >= 15 is 0 Å². The Labute approximate surface area is 120 Å². The van der Waals surface area contributed by atoms with Crippen LogP contribution in [0.4, 0.5) is 0 Å². The minimum Gasteiger partial charge on any atom is -0.464 e. The van der Waals surface area contributed by atoms with Crippen molar-refractivity contribution in [2.75, 3.05) is 12.8 Å². The lowest BCUT2D eigenvalue weighted by atomic mass is 10.1. The molecule has 0 spiro atoms. The van der Waals surface area contributed by atoms with Crippen molar-refractivity contribution in [3.63, 3.8) is 0 Å². The zero-order valence-electron chi connectivity index (χ0n) is 12.1. The van der Waals surface area contributed by atoms with E-state index in [0.717, 1.165) is 24.8 Å². The van der Waals surface area contributed by atoms with E-state index in [9.17, 15) is 0 Å². The molecule has 2 aliphatic carbocycles. The summed E-state index contributed by atoms with van der Waals surface area (Å²) in [5.41, 5.74) is 0. The molecule has 2 saturated carbocycles. The quantitative estimate of drug-likeness (QED) is 0.846. The molecule has 0 bridgehead atoms. The lowest BCUT2D eigenvalue weighted by Crippen LogP contribution is -2.34. The minimum atomic E-state index is 0.487. The molecule has 0 radical (unpaired) electrons. The predicted molar refractivity (Wildman–Crippen MR) is 81.7 cm³/mol. The van der Waals surface area contributed by atoms with Crippen molar-refractivity contribution in [1.29, 1.82) is 0 Å². The fourth-order valence-corrected chi connectivity index (χ4v) is 4.24. The summed E-state index contributed by atoms with van der Waals surface area (Å²) in [5.74, 6) is 3.82. The molecule has 2 unspecified atom stereocenters. The van der Waals surface area contributed by atoms with Crippen LogP contribution >= 0.6 is 11.8 Å². The van der Waals surface area contributed by atoms with Gasteiger partial charge in [0.1, 0.15) is 11.5 Å². The van der Waals surface area contributed by atoms with Gasteiger partial charge in [-0.15, -0.1) is 0 Å². The molecule has 2 nitrogen and oxygen atoms in total. The van der Waals surface area contributed by atoms with Gasteiger partial charge in [0.05, 0.1) is 6.54 Å². The second kappa shape index (κ2) is 5.53. The number of rotatable bonds is 6. The number of hydrogen-bond donors (Lipinski definition) is 1. The normalized spacial score (nSPS) is 28.7. The lowest BCUT2D eigenvalue weighted by molar-refractivity contribution is 0.433. The number of hydrogen-bond acceptors (Lipinski definition) is 3. The van der Waals surface area contributed by atoms with Gasteiger partial charge in [0.25, 0.3) is 0 Å². The van der Waals surface area contributed by atoms with Crippen LogP contribution in [0, 0.1) is 5.92 Å². The summed E-state index contributed by atoms with van der Waals surface area (Å²) in [6.07, 6.45) is 9.08. The first kappa shape index (κ1) is 13.6. The minimum absolute atomic E-state index is 0.487. The van der Waals surface area contributed by atoms with Gasteiger partial charge in [-0.25, -0.2) is 0 Å². The molecule has 3 heteroatoms. The Hall–Kier alpha value is -0.410. The average Bonchev–Trinajstić information content (AvgIpc) is 2.87. The van der Waals surface area contributed by atoms with Crippen molar-refractivity contribution >= 4 is 11.8 Å². The van der Waals surface area contributed by atoms with Gasteiger partial charge in [-0.1, -0.05) is 19.8 Å². The van der Waals surface area contributed by atoms with Crippen molar-refractivity contribution in [2.24, 2.45) is 5.92 Å². The first-order valence-corrected chi connectivity index (χ1v) is 8.79. The predicted octanol–water partition coefficient (Wildman–Crippen LogP) is 4.17. The highest BCUT2D eigenvalue weighted by molar-refractivity contribution is 8.00. The largest absolute Gasteiger partial charge is 0.464 e. The molecule has 106 valence electrons. The van der Waals surface area contributed by atoms with Crippen LogP contribution in [0.2, 0.25) is 0 Å². The van der Waals surface area contributed by atoms with E-state index in [1.54, 1.807) is 0 Å². The van der Waals surface area contributed by atoms with E-state index in [4.69, 9.17) is 4.42 Å². The summed E-state index contributed by atoms with van der Waals surface area (Å²) < 4.78 is 6.43. The van der Waals surface area contributed by atoms with Crippen molar-refractivity contribution in [3.05, 3.63) is 23.7 Å². The van der Waals surface area contributed by atoms with E-state index in [-0.39, 0.29) is 0 Å². The Morgan fingerprint density at radius 3 is 2.74 bits per heavy atom. The van der Waals surface area contributed by atoms with E-state index in [0.29, 0.717) is 10.7 Å². The van der Waals surface area contributed by atoms with Crippen molar-refractivity contribution in [3.8, 4) is 0 Å². The third-order valence-corrected chi connectivity index (χ3v) is 6.27. The fraction of sp³-hybridized carbons (Fsp3) is 0.750. The van der Waals surface area contributed by atoms with Crippen molar-refractivity contribution < 1.29 is 4.42 Å². The Morgan fingerprint density at radius 1 is 1.37 bits per heavy atom. The first-order valence-electron chi connectivity index (χ1n) is 7.57. The molecule has 1 heterocycles. The Bertz CT molecular complexity index is 422. The van der Waals surface area contributed by atoms with Crippen LogP contribution in [-0.4, -0.2) is 17.5 Å². The van der Waals surface area contributed by atoms with Gasteiger partial charge in [0.15, 0.2) is 0 Å². The number of thioether (sulfide) groups is 1. The summed E-state index contributed by atoms with van der Waals surface area (Å²) >= 11 is 2.04. The highest BCUT2D eigenvalue weighted by Gasteiger charge is 2.36. The molecular weight excluding hydrogens is 254 g/mol. The topological polar surface area (TPSA) is 25.2 Å². The van der Waals surface area contributed by atoms with E-state index in [2.05, 4.69) is 30.6 Å². The summed E-state index contributed by atoms with van der Waals surface area (Å²) in [6.45, 7) is 4.29. The highest BCUT2D eigenvalue weighted by Crippen LogP contribution is 2.47. The zero-order chi connectivity index (χ0) is 13.3. The molecule has 2 atom stereocenters. The molecule has 0 amide bonds. The second-order valence-corrected chi connectivity index (χ2v) is 7.60. The van der Waals surface area contributed by atoms with Crippen LogP contribution in [0.3, 0.4) is 0 Å². The highest BCUT2D eigenvalue weighted by atomic mass is 32.2. The lowest BCUT2D eigenvalue weighted by Gasteiger charge is -2.26. The van der Waals surface area contributed by atoms with Crippen LogP contribution in [0.25, 0.3) is 0 Å². The maximum Gasteiger partial charge on any atom is 0.117 e. The molecule has 19 heavy (non-hydrogen) atoms. The van der Waals surface area contributed by atoms with Crippen molar-refractivity contribution in [2.45, 2.75) is 56.2 Å². The SMILES string of the molecule is CSC1(CNCc2ccc(C3CC3C)o2)CCCC1. The summed E-state index contributed by atoms with van der Waals surface area (Å²) in [5, 5.41) is 3.60. The fourth-order valence-electron chi connectivity index (χ4n) is 3.29. The molecule has 0 aliphatic heterocycles. The Morgan fingerprint density at radius 2 is 2.11 bits per heavy atom. The van der Waals surface area contributed by atoms with Crippen molar-refractivity contribution in [1.82, 2.24) is 5.32 Å². The second-order valence-electron chi connectivity index (χ2n) is 6.32. The third kappa shape index (κ3) is 3.03. The van der Waals surface area contributed by atoms with Crippen LogP contribution in [0.15, 0.2) is 16.5 Å². The van der Waals surface area contributed by atoms with Gasteiger partial charge in [-0.05, 0) is 43.6 Å². The monoisotopic (exact) mass is 279 g/mol. The molecule has 3 rings (SSSR count). The Kier molecular flexibility index (Phi) is 3.95. The third-order valence-electron chi connectivity index (χ3n) is 4.85. The van der Waals surface area contributed by atoms with Gasteiger partial charge < -0.3 is 9.73 Å². The van der Waals surface area contributed by atoms with Gasteiger partial charge in [0.2, 0.25) is 0 Å². The van der Waals surface area contributed by atoms with Crippen LogP contribution in [0.5, 0.6) is 0 Å². The van der Waals surface area contributed by atoms with E-state index in [1.165, 1.54) is 37.9 Å². The van der Waals surface area contributed by atoms with Gasteiger partial charge in [-0.2, -0.15) is 11.8 Å². The summed E-state index contributed by atoms with van der Waals surface area (Å²) in [4.78, 5) is 0. The van der Waals surface area contributed by atoms with E-state index in [1.807, 2.05) is 11.8 Å². The smallest absolute Gasteiger partial charge is 0.117 e. The van der Waals surface area contributed by atoms with E-state index < -0.39 is 0 Å². The maximum absolute atomic E-state index is 5.94. The van der Waals surface area contributed by atoms with Gasteiger partial charge in [-0.3, -0.25) is 0 Å². The molecular formula is C16H25NOS. The molecule has 1 aromatic rings. The van der Waals surface area contributed by atoms with Crippen LogP contribution < -0.4 is 5.32 Å². The van der Waals surface area contributed by atoms with Crippen LogP contribution in [0.1, 0.15) is 56.5 Å². The molecule has 2 aliphatic rings. The summed E-state index contributed by atoms with van der Waals surface area (Å²) in [7, 11) is 0. The molecule has 0 saturated heterocycles. The standard InChI is InChI=1S/C16H25NOS/c1-12-9-14(12)15-6-5-13(18-15)10-17-11-16(19-2)7-3-4-8-16/h5-6,12,14,17H,3-4,7-11H2,1-2H3. The summed E-state index contributed by atoms with van der Waals surface area (Å²) in [6, 6.07) is 4.32. The molecule has 0 aromatic carbocycles. The van der Waals surface area contributed by atoms with Gasteiger partial charge >= 0.3 is 0 Å². The Balaban J connectivity index is 1.48. The average molecular weight is 279 g/mol. The molecule has 1 N–H and O–H groups in total. The van der Waals surface area contributed by atoms with Gasteiger partial charge in [0, 0.05) is 17.2 Å². The van der Waals surface area contributed by atoms with Crippen LogP contribution in [-0.2, 0) is 6.54 Å². The number of nitrogens with one attached hydrogen (secondary N) is 1. The molecule has 2 fully saturated rings. The number of furan rings is 1. The maximum atomic E-state index is 5.94. The zero-order valence-corrected chi connectivity index (χ0v) is 12.9. The molecule has 1 aromatic heterocycles. The first-order chi connectivity index (χ1) is 9.22.